The molecule has 1 aromatic rings. The Balaban J connectivity index is 1.68. The first-order chi connectivity index (χ1) is 13.5. The fourth-order valence-electron chi connectivity index (χ4n) is 3.66. The number of terminal acetylenes is 1. The lowest BCUT2D eigenvalue weighted by Crippen LogP contribution is -2.48. The number of amides is 5. The van der Waals surface area contributed by atoms with Crippen LogP contribution in [-0.4, -0.2) is 47.3 Å². The molecule has 0 atom stereocenters. The number of anilines is 1. The molecule has 1 aliphatic carbocycles. The molecule has 0 radical (unpaired) electrons. The number of hydrogen-bond donors (Lipinski definition) is 3. The molecule has 3 rings (SSSR count). The van der Waals surface area contributed by atoms with E-state index >= 15 is 0 Å². The van der Waals surface area contributed by atoms with Crippen LogP contribution in [0.25, 0.3) is 0 Å². The Morgan fingerprint density at radius 1 is 1.18 bits per heavy atom. The molecule has 1 aromatic carbocycles. The van der Waals surface area contributed by atoms with Crippen molar-refractivity contribution in [1.82, 2.24) is 15.5 Å². The number of para-hydroxylation sites is 1. The largest absolute Gasteiger partial charge is 0.341 e. The lowest BCUT2D eigenvalue weighted by molar-refractivity contribution is -0.134. The minimum atomic E-state index is -0.872. The molecule has 0 aromatic heterocycles. The second kappa shape index (κ2) is 8.13. The van der Waals surface area contributed by atoms with E-state index in [9.17, 15) is 19.2 Å². The molecule has 1 saturated carbocycles. The zero-order valence-electron chi connectivity index (χ0n) is 15.4. The van der Waals surface area contributed by atoms with Gasteiger partial charge in [0.05, 0.1) is 17.8 Å². The Bertz CT molecular complexity index is 852. The number of carbonyl (C=O) groups is 4. The third kappa shape index (κ3) is 3.83. The molecule has 1 saturated heterocycles. The first kappa shape index (κ1) is 19.4. The third-order valence-corrected chi connectivity index (χ3v) is 5.05. The van der Waals surface area contributed by atoms with Gasteiger partial charge in [0, 0.05) is 0 Å². The number of imide groups is 1. The van der Waals surface area contributed by atoms with Gasteiger partial charge in [-0.2, -0.15) is 0 Å². The molecule has 1 heterocycles. The minimum absolute atomic E-state index is 0.0612. The second-order valence-corrected chi connectivity index (χ2v) is 6.94. The molecule has 0 bridgehead atoms. The normalized spacial score (nSPS) is 17.8. The molecule has 0 unspecified atom stereocenters. The highest BCUT2D eigenvalue weighted by Crippen LogP contribution is 2.33. The van der Waals surface area contributed by atoms with Gasteiger partial charge < -0.3 is 16.0 Å². The predicted octanol–water partition coefficient (Wildman–Crippen LogP) is 1.24. The van der Waals surface area contributed by atoms with Gasteiger partial charge in [0.1, 0.15) is 12.1 Å². The maximum atomic E-state index is 12.8. The van der Waals surface area contributed by atoms with E-state index in [0.29, 0.717) is 12.8 Å². The highest BCUT2D eigenvalue weighted by atomic mass is 16.2. The van der Waals surface area contributed by atoms with Crippen LogP contribution in [0.1, 0.15) is 42.5 Å². The van der Waals surface area contributed by atoms with Gasteiger partial charge in [-0.15, -0.1) is 6.42 Å². The number of hydrogen-bond acceptors (Lipinski definition) is 4. The van der Waals surface area contributed by atoms with E-state index in [4.69, 9.17) is 6.42 Å². The molecular formula is C20H22N4O4. The van der Waals surface area contributed by atoms with Gasteiger partial charge in [-0.1, -0.05) is 37.3 Å². The summed E-state index contributed by atoms with van der Waals surface area (Å²) < 4.78 is 0. The topological polar surface area (TPSA) is 108 Å². The third-order valence-electron chi connectivity index (χ3n) is 5.05. The van der Waals surface area contributed by atoms with Crippen molar-refractivity contribution >= 4 is 29.4 Å². The van der Waals surface area contributed by atoms with Gasteiger partial charge in [0.25, 0.3) is 11.8 Å². The Hall–Kier alpha value is -3.34. The molecule has 1 spiro atoms. The van der Waals surface area contributed by atoms with Gasteiger partial charge >= 0.3 is 6.03 Å². The summed E-state index contributed by atoms with van der Waals surface area (Å²) in [6, 6.07) is 5.88. The molecule has 2 aliphatic rings. The average Bonchev–Trinajstić information content (AvgIpc) is 2.91. The number of nitrogens with zero attached hydrogens (tertiary/aromatic N) is 1. The molecule has 8 heteroatoms. The Labute approximate surface area is 163 Å². The monoisotopic (exact) mass is 382 g/mol. The summed E-state index contributed by atoms with van der Waals surface area (Å²) >= 11 is 0. The van der Waals surface area contributed by atoms with Gasteiger partial charge in [-0.3, -0.25) is 19.3 Å². The first-order valence-electron chi connectivity index (χ1n) is 9.21. The number of nitrogens with one attached hydrogen (secondary N) is 3. The quantitative estimate of drug-likeness (QED) is 0.526. The number of benzene rings is 1. The van der Waals surface area contributed by atoms with Gasteiger partial charge in [0.2, 0.25) is 5.91 Å². The summed E-state index contributed by atoms with van der Waals surface area (Å²) in [5, 5.41) is 7.90. The number of carbonyl (C=O) groups excluding carboxylic acids is 4. The van der Waals surface area contributed by atoms with E-state index in [1.807, 2.05) is 0 Å². The van der Waals surface area contributed by atoms with Crippen LogP contribution in [0.2, 0.25) is 0 Å². The van der Waals surface area contributed by atoms with Crippen LogP contribution in [0.4, 0.5) is 10.5 Å². The molecule has 5 amide bonds. The number of rotatable bonds is 5. The van der Waals surface area contributed by atoms with E-state index in [2.05, 4.69) is 21.9 Å². The van der Waals surface area contributed by atoms with Crippen molar-refractivity contribution in [2.75, 3.05) is 18.4 Å². The van der Waals surface area contributed by atoms with E-state index in [1.165, 1.54) is 0 Å². The van der Waals surface area contributed by atoms with Crippen molar-refractivity contribution in [2.24, 2.45) is 0 Å². The summed E-state index contributed by atoms with van der Waals surface area (Å²) in [5.74, 6) is 0.965. The van der Waals surface area contributed by atoms with Gasteiger partial charge in [-0.25, -0.2) is 4.79 Å². The van der Waals surface area contributed by atoms with Crippen LogP contribution in [0.5, 0.6) is 0 Å². The van der Waals surface area contributed by atoms with Crippen LogP contribution < -0.4 is 16.0 Å². The summed E-state index contributed by atoms with van der Waals surface area (Å²) in [5.41, 5.74) is -0.351. The fraction of sp³-hybridized carbons (Fsp3) is 0.400. The SMILES string of the molecule is C#CCNC(=O)c1ccccc1NC(=O)CN1C(=O)NC2(CCCCC2)C1=O. The lowest BCUT2D eigenvalue weighted by Gasteiger charge is -2.30. The number of urea groups is 1. The first-order valence-corrected chi connectivity index (χ1v) is 9.21. The zero-order valence-corrected chi connectivity index (χ0v) is 15.4. The maximum absolute atomic E-state index is 12.8. The van der Waals surface area contributed by atoms with Crippen LogP contribution >= 0.6 is 0 Å². The summed E-state index contributed by atoms with van der Waals surface area (Å²) in [6.45, 7) is -0.349. The van der Waals surface area contributed by atoms with Crippen molar-refractivity contribution in [1.29, 1.82) is 0 Å². The second-order valence-electron chi connectivity index (χ2n) is 6.94. The molecule has 1 aliphatic heterocycles. The Morgan fingerprint density at radius 3 is 2.61 bits per heavy atom. The van der Waals surface area contributed by atoms with Crippen molar-refractivity contribution in [3.63, 3.8) is 0 Å². The molecule has 28 heavy (non-hydrogen) atoms. The molecule has 2 fully saturated rings. The Morgan fingerprint density at radius 2 is 1.89 bits per heavy atom. The summed E-state index contributed by atoms with van der Waals surface area (Å²) in [6.07, 6.45) is 9.09. The van der Waals surface area contributed by atoms with Crippen LogP contribution in [0.15, 0.2) is 24.3 Å². The van der Waals surface area contributed by atoms with Crippen molar-refractivity contribution in [3.05, 3.63) is 29.8 Å². The van der Waals surface area contributed by atoms with Crippen molar-refractivity contribution < 1.29 is 19.2 Å². The molecule has 8 nitrogen and oxygen atoms in total. The molecule has 146 valence electrons. The van der Waals surface area contributed by atoms with E-state index in [0.717, 1.165) is 24.2 Å². The smallest absolute Gasteiger partial charge is 0.325 e. The zero-order chi connectivity index (χ0) is 20.1. The summed E-state index contributed by atoms with van der Waals surface area (Å²) in [4.78, 5) is 50.6. The van der Waals surface area contributed by atoms with Crippen molar-refractivity contribution in [2.45, 2.75) is 37.6 Å². The summed E-state index contributed by atoms with van der Waals surface area (Å²) in [7, 11) is 0. The van der Waals surface area contributed by atoms with Gasteiger partial charge in [-0.05, 0) is 25.0 Å². The maximum Gasteiger partial charge on any atom is 0.325 e. The lowest BCUT2D eigenvalue weighted by atomic mass is 9.82. The fourth-order valence-corrected chi connectivity index (χ4v) is 3.66. The standard InChI is InChI=1S/C20H22N4O4/c1-2-12-21-17(26)14-8-4-5-9-15(14)22-16(25)13-24-18(27)20(23-19(24)28)10-6-3-7-11-20/h1,4-5,8-9H,3,6-7,10-13H2,(H,21,26)(H,22,25)(H,23,28). The van der Waals surface area contributed by atoms with Crippen LogP contribution in [-0.2, 0) is 9.59 Å². The highest BCUT2D eigenvalue weighted by molar-refractivity contribution is 6.11. The van der Waals surface area contributed by atoms with Crippen LogP contribution in [0.3, 0.4) is 0 Å². The molecule has 3 N–H and O–H groups in total. The highest BCUT2D eigenvalue weighted by Gasteiger charge is 2.51. The van der Waals surface area contributed by atoms with Crippen molar-refractivity contribution in [3.8, 4) is 12.3 Å². The average molecular weight is 382 g/mol. The van der Waals surface area contributed by atoms with Gasteiger partial charge in [0.15, 0.2) is 0 Å². The predicted molar refractivity (Wildman–Crippen MR) is 102 cm³/mol. The van der Waals surface area contributed by atoms with Crippen LogP contribution in [0, 0.1) is 12.3 Å². The molecular weight excluding hydrogens is 360 g/mol. The van der Waals surface area contributed by atoms with E-state index in [1.54, 1.807) is 24.3 Å². The Kier molecular flexibility index (Phi) is 5.64. The van der Waals surface area contributed by atoms with E-state index in [-0.39, 0.29) is 23.7 Å². The minimum Gasteiger partial charge on any atom is -0.341 e. The van der Waals surface area contributed by atoms with E-state index < -0.39 is 29.9 Å².